The number of carbonyl (C=O) groups excluding carboxylic acids is 3. The molecule has 4 amide bonds. The summed E-state index contributed by atoms with van der Waals surface area (Å²) in [6.45, 7) is 0. The maximum atomic E-state index is 11.7. The molecule has 0 saturated carbocycles. The van der Waals surface area contributed by atoms with Gasteiger partial charge in [0.1, 0.15) is 17.1 Å². The summed E-state index contributed by atoms with van der Waals surface area (Å²) < 4.78 is 5.40. The van der Waals surface area contributed by atoms with Crippen molar-refractivity contribution in [1.82, 2.24) is 10.6 Å². The summed E-state index contributed by atoms with van der Waals surface area (Å²) >= 11 is 0. The highest BCUT2D eigenvalue weighted by atomic mass is 16.6. The fourth-order valence-electron chi connectivity index (χ4n) is 2.28. The molecule has 1 saturated heterocycles. The molecule has 0 aliphatic carbocycles. The zero-order valence-corrected chi connectivity index (χ0v) is 13.1. The summed E-state index contributed by atoms with van der Waals surface area (Å²) in [5.41, 5.74) is -1.33. The fraction of sp³-hybridized carbons (Fsp3) is 0. The van der Waals surface area contributed by atoms with Crippen LogP contribution in [0.25, 0.3) is 17.4 Å². The minimum Gasteiger partial charge on any atom is -0.457 e. The van der Waals surface area contributed by atoms with Crippen molar-refractivity contribution in [2.45, 2.75) is 0 Å². The fourth-order valence-corrected chi connectivity index (χ4v) is 2.28. The zero-order valence-electron chi connectivity index (χ0n) is 13.1. The lowest BCUT2D eigenvalue weighted by molar-refractivity contribution is -0.394. The lowest BCUT2D eigenvalue weighted by atomic mass is 10.1. The van der Waals surface area contributed by atoms with Crippen LogP contribution in [0.15, 0.2) is 40.3 Å². The number of hydrogen-bond donors (Lipinski definition) is 2. The van der Waals surface area contributed by atoms with Crippen molar-refractivity contribution in [3.63, 3.8) is 0 Å². The number of amides is 4. The molecule has 0 bridgehead atoms. The Labute approximate surface area is 148 Å². The van der Waals surface area contributed by atoms with Gasteiger partial charge in [-0.25, -0.2) is 4.79 Å². The number of hydrogen-bond acceptors (Lipinski definition) is 8. The van der Waals surface area contributed by atoms with Crippen molar-refractivity contribution >= 4 is 35.3 Å². The molecule has 12 nitrogen and oxygen atoms in total. The molecule has 12 heteroatoms. The van der Waals surface area contributed by atoms with Gasteiger partial charge in [0.05, 0.1) is 15.9 Å². The maximum absolute atomic E-state index is 11.7. The summed E-state index contributed by atoms with van der Waals surface area (Å²) in [4.78, 5) is 54.7. The molecule has 0 unspecified atom stereocenters. The van der Waals surface area contributed by atoms with Crippen LogP contribution in [0, 0.1) is 20.2 Å². The van der Waals surface area contributed by atoms with Gasteiger partial charge in [-0.1, -0.05) is 0 Å². The molecule has 136 valence electrons. The largest absolute Gasteiger partial charge is 0.457 e. The van der Waals surface area contributed by atoms with Crippen LogP contribution in [0.3, 0.4) is 0 Å². The Kier molecular flexibility index (Phi) is 4.21. The number of nitrogens with zero attached hydrogens (tertiary/aromatic N) is 2. The molecule has 1 fully saturated rings. The van der Waals surface area contributed by atoms with Crippen LogP contribution in [-0.4, -0.2) is 27.7 Å². The number of non-ortho nitro benzene ring substituents is 2. The van der Waals surface area contributed by atoms with Crippen molar-refractivity contribution in [2.75, 3.05) is 0 Å². The first-order valence-corrected chi connectivity index (χ1v) is 7.17. The Balaban J connectivity index is 1.99. The third-order valence-corrected chi connectivity index (χ3v) is 3.47. The molecule has 1 aliphatic rings. The number of nitro benzene ring substituents is 2. The topological polar surface area (TPSA) is 175 Å². The van der Waals surface area contributed by atoms with Crippen LogP contribution in [0.1, 0.15) is 5.76 Å². The van der Waals surface area contributed by atoms with Crippen molar-refractivity contribution < 1.29 is 28.6 Å². The van der Waals surface area contributed by atoms with Gasteiger partial charge in [0.25, 0.3) is 23.2 Å². The van der Waals surface area contributed by atoms with E-state index >= 15 is 0 Å². The highest BCUT2D eigenvalue weighted by Crippen LogP contribution is 2.31. The predicted octanol–water partition coefficient (Wildman–Crippen LogP) is 1.51. The van der Waals surface area contributed by atoms with Gasteiger partial charge in [-0.15, -0.1) is 0 Å². The molecule has 2 heterocycles. The Morgan fingerprint density at radius 1 is 0.889 bits per heavy atom. The Hall–Kier alpha value is -4.35. The number of nitro groups is 2. The monoisotopic (exact) mass is 372 g/mol. The smallest absolute Gasteiger partial charge is 0.328 e. The van der Waals surface area contributed by atoms with E-state index in [2.05, 4.69) is 0 Å². The third-order valence-electron chi connectivity index (χ3n) is 3.47. The minimum atomic E-state index is -0.953. The van der Waals surface area contributed by atoms with Gasteiger partial charge >= 0.3 is 6.03 Å². The highest BCUT2D eigenvalue weighted by Gasteiger charge is 2.28. The number of benzene rings is 1. The molecule has 0 radical (unpaired) electrons. The van der Waals surface area contributed by atoms with Crippen LogP contribution in [0.2, 0.25) is 0 Å². The predicted molar refractivity (Wildman–Crippen MR) is 87.1 cm³/mol. The van der Waals surface area contributed by atoms with Gasteiger partial charge < -0.3 is 4.42 Å². The first-order valence-electron chi connectivity index (χ1n) is 7.17. The molecule has 1 aliphatic heterocycles. The zero-order chi connectivity index (χ0) is 19.7. The van der Waals surface area contributed by atoms with E-state index in [1.807, 2.05) is 10.6 Å². The van der Waals surface area contributed by atoms with Crippen LogP contribution in [0.4, 0.5) is 16.2 Å². The van der Waals surface area contributed by atoms with Gasteiger partial charge in [0.15, 0.2) is 0 Å². The average molecular weight is 372 g/mol. The Bertz CT molecular complexity index is 998. The summed E-state index contributed by atoms with van der Waals surface area (Å²) in [5, 5.41) is 25.7. The first kappa shape index (κ1) is 17.5. The van der Waals surface area contributed by atoms with Crippen molar-refractivity contribution in [1.29, 1.82) is 0 Å². The van der Waals surface area contributed by atoms with E-state index in [1.165, 1.54) is 12.1 Å². The van der Waals surface area contributed by atoms with Crippen LogP contribution in [0.5, 0.6) is 0 Å². The molecule has 1 aromatic heterocycles. The van der Waals surface area contributed by atoms with Gasteiger partial charge in [0, 0.05) is 17.7 Å². The quantitative estimate of drug-likeness (QED) is 0.351. The average Bonchev–Trinajstić information content (AvgIpc) is 3.06. The third kappa shape index (κ3) is 3.53. The summed E-state index contributed by atoms with van der Waals surface area (Å²) in [6.07, 6.45) is 1.06. The number of nitrogens with one attached hydrogen (secondary N) is 2. The second kappa shape index (κ2) is 6.51. The van der Waals surface area contributed by atoms with Crippen molar-refractivity contribution in [3.05, 3.63) is 61.9 Å². The number of carbonyl (C=O) groups is 3. The number of urea groups is 1. The molecule has 2 N–H and O–H groups in total. The van der Waals surface area contributed by atoms with Crippen molar-refractivity contribution in [3.8, 4) is 11.3 Å². The number of rotatable bonds is 4. The molecule has 1 aromatic carbocycles. The molecule has 2 aromatic rings. The number of furan rings is 1. The standard InChI is InChI=1S/C15H8N4O8/c20-13-11(14(21)17-15(22)16-13)6-10-1-2-12(27-10)7-3-8(18(23)24)5-9(4-7)19(25)26/h1-6H,(H2,16,17,20,21,22). The summed E-state index contributed by atoms with van der Waals surface area (Å²) in [7, 11) is 0. The van der Waals surface area contributed by atoms with Crippen LogP contribution < -0.4 is 10.6 Å². The van der Waals surface area contributed by atoms with Crippen LogP contribution >= 0.6 is 0 Å². The highest BCUT2D eigenvalue weighted by molar-refractivity contribution is 6.31. The second-order valence-electron chi connectivity index (χ2n) is 5.25. The van der Waals surface area contributed by atoms with E-state index in [4.69, 9.17) is 4.42 Å². The molecule has 0 atom stereocenters. The van der Waals surface area contributed by atoms with E-state index < -0.39 is 39.1 Å². The molecule has 3 rings (SSSR count). The van der Waals surface area contributed by atoms with E-state index in [9.17, 15) is 34.6 Å². The van der Waals surface area contributed by atoms with Gasteiger partial charge in [0.2, 0.25) is 0 Å². The minimum absolute atomic E-state index is 0.0220. The maximum Gasteiger partial charge on any atom is 0.328 e. The lowest BCUT2D eigenvalue weighted by Gasteiger charge is -2.13. The molecule has 27 heavy (non-hydrogen) atoms. The summed E-state index contributed by atoms with van der Waals surface area (Å²) in [6, 6.07) is 4.74. The van der Waals surface area contributed by atoms with E-state index in [1.54, 1.807) is 0 Å². The lowest BCUT2D eigenvalue weighted by Crippen LogP contribution is -2.51. The van der Waals surface area contributed by atoms with E-state index in [0.29, 0.717) is 0 Å². The van der Waals surface area contributed by atoms with Gasteiger partial charge in [-0.05, 0) is 18.2 Å². The van der Waals surface area contributed by atoms with E-state index in [-0.39, 0.29) is 22.7 Å². The number of barbiturate groups is 1. The van der Waals surface area contributed by atoms with E-state index in [0.717, 1.165) is 24.3 Å². The molecular weight excluding hydrogens is 364 g/mol. The molecule has 0 spiro atoms. The Morgan fingerprint density at radius 2 is 1.44 bits per heavy atom. The van der Waals surface area contributed by atoms with Gasteiger partial charge in [-0.2, -0.15) is 0 Å². The normalized spacial score (nSPS) is 13.8. The van der Waals surface area contributed by atoms with Crippen molar-refractivity contribution in [2.24, 2.45) is 0 Å². The second-order valence-corrected chi connectivity index (χ2v) is 5.25. The summed E-state index contributed by atoms with van der Waals surface area (Å²) in [5.74, 6) is -1.78. The Morgan fingerprint density at radius 3 is 1.96 bits per heavy atom. The molecular formula is C15H8N4O8. The van der Waals surface area contributed by atoms with Gasteiger partial charge in [-0.3, -0.25) is 40.5 Å². The SMILES string of the molecule is O=C1NC(=O)C(=Cc2ccc(-c3cc([N+](=O)[O-])cc([N+](=O)[O-])c3)o2)C(=O)N1. The number of imide groups is 2. The van der Waals surface area contributed by atoms with Crippen LogP contribution in [-0.2, 0) is 9.59 Å². The first-order chi connectivity index (χ1) is 12.7.